The molecule has 0 aliphatic carbocycles. The van der Waals surface area contributed by atoms with Crippen LogP contribution in [0.2, 0.25) is 0 Å². The van der Waals surface area contributed by atoms with E-state index in [0.29, 0.717) is 19.4 Å². The van der Waals surface area contributed by atoms with Crippen LogP contribution in [0.15, 0.2) is 43.0 Å². The second-order valence-corrected chi connectivity index (χ2v) is 10.3. The minimum absolute atomic E-state index is 0.141. The summed E-state index contributed by atoms with van der Waals surface area (Å²) in [6, 6.07) is 7.89. The van der Waals surface area contributed by atoms with E-state index in [-0.39, 0.29) is 25.0 Å². The van der Waals surface area contributed by atoms with Crippen molar-refractivity contribution >= 4 is 17.8 Å². The van der Waals surface area contributed by atoms with Gasteiger partial charge in [-0.1, -0.05) is 50.3 Å². The molecule has 34 heavy (non-hydrogen) atoms. The molecule has 3 saturated heterocycles. The topological polar surface area (TPSA) is 107 Å². The molecule has 0 saturated carbocycles. The smallest absolute Gasteiger partial charge is 0.310 e. The van der Waals surface area contributed by atoms with Crippen molar-refractivity contribution in [2.45, 2.75) is 63.4 Å². The van der Waals surface area contributed by atoms with Crippen LogP contribution in [-0.2, 0) is 25.7 Å². The van der Waals surface area contributed by atoms with Crippen LogP contribution in [0.1, 0.15) is 39.2 Å². The van der Waals surface area contributed by atoms with Gasteiger partial charge in [-0.25, -0.2) is 0 Å². The lowest BCUT2D eigenvalue weighted by atomic mass is 9.66. The van der Waals surface area contributed by atoms with Gasteiger partial charge in [0.15, 0.2) is 0 Å². The van der Waals surface area contributed by atoms with Crippen LogP contribution < -0.4 is 0 Å². The highest BCUT2D eigenvalue weighted by atomic mass is 16.5. The van der Waals surface area contributed by atoms with Crippen LogP contribution in [0, 0.1) is 17.8 Å². The maximum atomic E-state index is 14.2. The van der Waals surface area contributed by atoms with Crippen LogP contribution >= 0.6 is 0 Å². The average molecular weight is 471 g/mol. The molecule has 2 unspecified atom stereocenters. The maximum Gasteiger partial charge on any atom is 0.310 e. The fraction of sp³-hybridized carbons (Fsp3) is 0.577. The van der Waals surface area contributed by atoms with Gasteiger partial charge in [-0.15, -0.1) is 6.58 Å². The van der Waals surface area contributed by atoms with Crippen LogP contribution in [-0.4, -0.2) is 74.2 Å². The molecule has 1 spiro atoms. The number of amides is 2. The van der Waals surface area contributed by atoms with Crippen molar-refractivity contribution in [1.82, 2.24) is 9.80 Å². The number of aliphatic carboxylic acids is 1. The molecule has 0 aromatic heterocycles. The minimum Gasteiger partial charge on any atom is -0.481 e. The number of nitrogens with zero attached hydrogens (tertiary/aromatic N) is 2. The summed E-state index contributed by atoms with van der Waals surface area (Å²) in [5.74, 6) is -3.96. The number of carbonyl (C=O) groups excluding carboxylic acids is 2. The molecule has 0 radical (unpaired) electrons. The highest BCUT2D eigenvalue weighted by Crippen LogP contribution is 2.63. The van der Waals surface area contributed by atoms with Crippen molar-refractivity contribution in [3.8, 4) is 0 Å². The predicted octanol–water partition coefficient (Wildman–Crippen LogP) is 2.07. The van der Waals surface area contributed by atoms with Crippen LogP contribution in [0.5, 0.6) is 0 Å². The monoisotopic (exact) mass is 470 g/mol. The van der Waals surface area contributed by atoms with Gasteiger partial charge in [0.1, 0.15) is 11.6 Å². The lowest BCUT2D eigenvalue weighted by Crippen LogP contribution is -2.59. The minimum atomic E-state index is -1.23. The van der Waals surface area contributed by atoms with Gasteiger partial charge in [0.2, 0.25) is 11.8 Å². The first-order valence-corrected chi connectivity index (χ1v) is 11.9. The average Bonchev–Trinajstić information content (AvgIpc) is 3.35. The fourth-order valence-electron chi connectivity index (χ4n) is 6.36. The van der Waals surface area contributed by atoms with Crippen molar-refractivity contribution < 1.29 is 29.3 Å². The van der Waals surface area contributed by atoms with E-state index in [9.17, 15) is 24.6 Å². The first-order chi connectivity index (χ1) is 16.1. The highest BCUT2D eigenvalue weighted by Gasteiger charge is 2.78. The number of benzene rings is 1. The molecule has 8 nitrogen and oxygen atoms in total. The van der Waals surface area contributed by atoms with Gasteiger partial charge in [-0.2, -0.15) is 0 Å². The second kappa shape index (κ2) is 8.82. The van der Waals surface area contributed by atoms with Gasteiger partial charge in [0.05, 0.1) is 30.1 Å². The number of likely N-dealkylation sites (tertiary alicyclic amines) is 1. The van der Waals surface area contributed by atoms with Crippen molar-refractivity contribution in [3.63, 3.8) is 0 Å². The lowest BCUT2D eigenvalue weighted by Gasteiger charge is -2.40. The number of carboxylic acids is 1. The van der Waals surface area contributed by atoms with Crippen molar-refractivity contribution in [2.75, 3.05) is 13.2 Å². The number of aliphatic hydroxyl groups excluding tert-OH is 1. The molecule has 1 aromatic carbocycles. The first kappa shape index (κ1) is 24.4. The molecule has 2 bridgehead atoms. The zero-order valence-electron chi connectivity index (χ0n) is 20.0. The molecule has 1 aromatic rings. The third-order valence-electron chi connectivity index (χ3n) is 7.91. The Morgan fingerprint density at radius 1 is 1.29 bits per heavy atom. The summed E-state index contributed by atoms with van der Waals surface area (Å²) in [6.07, 6.45) is 2.51. The Bertz CT molecular complexity index is 981. The van der Waals surface area contributed by atoms with Crippen molar-refractivity contribution in [3.05, 3.63) is 48.6 Å². The van der Waals surface area contributed by atoms with Crippen LogP contribution in [0.3, 0.4) is 0 Å². The number of carbonyl (C=O) groups is 3. The van der Waals surface area contributed by atoms with Crippen molar-refractivity contribution in [2.24, 2.45) is 17.8 Å². The van der Waals surface area contributed by atoms with Gasteiger partial charge in [-0.3, -0.25) is 14.4 Å². The molecule has 3 aliphatic heterocycles. The molecular weight excluding hydrogens is 436 g/mol. The molecule has 2 N–H and O–H groups in total. The third-order valence-corrected chi connectivity index (χ3v) is 7.91. The molecule has 3 aliphatic rings. The number of carboxylic acid groups (broad SMARTS) is 1. The number of fused-ring (bicyclic) bond motifs is 1. The quantitative estimate of drug-likeness (QED) is 0.535. The van der Waals surface area contributed by atoms with E-state index < -0.39 is 47.0 Å². The fourth-order valence-corrected chi connectivity index (χ4v) is 6.36. The Balaban J connectivity index is 1.81. The lowest BCUT2D eigenvalue weighted by molar-refractivity contribution is -0.159. The number of ether oxygens (including phenoxy) is 1. The van der Waals surface area contributed by atoms with Crippen molar-refractivity contribution in [1.29, 1.82) is 0 Å². The Labute approximate surface area is 200 Å². The molecule has 184 valence electrons. The molecule has 8 heteroatoms. The number of hydrogen-bond donors (Lipinski definition) is 2. The van der Waals surface area contributed by atoms with E-state index >= 15 is 0 Å². The van der Waals surface area contributed by atoms with Crippen LogP contribution in [0.4, 0.5) is 0 Å². The van der Waals surface area contributed by atoms with Gasteiger partial charge in [0, 0.05) is 13.1 Å². The van der Waals surface area contributed by atoms with E-state index in [4.69, 9.17) is 4.74 Å². The molecule has 2 amide bonds. The summed E-state index contributed by atoms with van der Waals surface area (Å²) >= 11 is 0. The maximum absolute atomic E-state index is 14.2. The normalized spacial score (nSPS) is 32.7. The summed E-state index contributed by atoms with van der Waals surface area (Å²) in [6.45, 7) is 9.53. The molecular formula is C26H34N2O6. The molecule has 6 atom stereocenters. The summed E-state index contributed by atoms with van der Waals surface area (Å²) in [7, 11) is 0. The Hall–Kier alpha value is -2.71. The summed E-state index contributed by atoms with van der Waals surface area (Å²) in [5.41, 5.74) is -1.31. The number of hydrogen-bond acceptors (Lipinski definition) is 5. The summed E-state index contributed by atoms with van der Waals surface area (Å²) in [4.78, 5) is 43.5. The summed E-state index contributed by atoms with van der Waals surface area (Å²) in [5, 5.41) is 20.3. The Morgan fingerprint density at radius 3 is 2.53 bits per heavy atom. The third kappa shape index (κ3) is 3.55. The number of rotatable bonds is 9. The molecule has 3 heterocycles. The largest absolute Gasteiger partial charge is 0.481 e. The van der Waals surface area contributed by atoms with E-state index in [2.05, 4.69) is 6.58 Å². The second-order valence-electron chi connectivity index (χ2n) is 10.3. The summed E-state index contributed by atoms with van der Waals surface area (Å²) < 4.78 is 6.43. The van der Waals surface area contributed by atoms with Gasteiger partial charge in [-0.05, 0) is 31.2 Å². The molecule has 4 rings (SSSR count). The van der Waals surface area contributed by atoms with E-state index in [1.54, 1.807) is 17.9 Å². The zero-order valence-corrected chi connectivity index (χ0v) is 20.0. The SMILES string of the molecule is C=CCN(Cc1ccccc1)C(=O)C1N([C@@H](CO)C(C)C)C(=O)[C@@H]2[C@H](C(=O)O)[C@]3(C)CCC12O3. The Kier molecular flexibility index (Phi) is 6.33. The molecule has 3 fully saturated rings. The van der Waals surface area contributed by atoms with E-state index in [1.165, 1.54) is 4.90 Å². The van der Waals surface area contributed by atoms with E-state index in [1.807, 2.05) is 44.2 Å². The first-order valence-electron chi connectivity index (χ1n) is 11.9. The van der Waals surface area contributed by atoms with Crippen LogP contribution in [0.25, 0.3) is 0 Å². The number of aliphatic hydroxyl groups is 1. The highest BCUT2D eigenvalue weighted by molar-refractivity contribution is 5.98. The van der Waals surface area contributed by atoms with Gasteiger partial charge in [0.25, 0.3) is 0 Å². The van der Waals surface area contributed by atoms with E-state index in [0.717, 1.165) is 5.56 Å². The zero-order chi connectivity index (χ0) is 24.8. The predicted molar refractivity (Wildman–Crippen MR) is 124 cm³/mol. The standard InChI is InChI=1S/C26H34N2O6/c1-5-13-27(14-17-9-7-6-8-10-17)23(31)21-26-12-11-25(4,34-26)20(24(32)33)19(26)22(30)28(21)18(15-29)16(2)3/h5-10,16,18-21,29H,1,11-15H2,2-4H3,(H,32,33)/t18-,19-,20+,21?,25-,26?/m0/s1. The van der Waals surface area contributed by atoms with Gasteiger partial charge < -0.3 is 24.7 Å². The van der Waals surface area contributed by atoms with Gasteiger partial charge >= 0.3 is 5.97 Å². The Morgan fingerprint density at radius 2 is 1.97 bits per heavy atom.